The van der Waals surface area contributed by atoms with Gasteiger partial charge >= 0.3 is 5.97 Å². The Hall–Kier alpha value is -2.07. The largest absolute Gasteiger partial charge is 0.466 e. The number of carbonyl (C=O) groups is 1. The van der Waals surface area contributed by atoms with Crippen LogP contribution in [-0.2, 0) is 9.53 Å². The van der Waals surface area contributed by atoms with Gasteiger partial charge in [-0.2, -0.15) is 0 Å². The van der Waals surface area contributed by atoms with Gasteiger partial charge in [-0.25, -0.2) is 0 Å². The highest BCUT2D eigenvalue weighted by Crippen LogP contribution is 2.53. The van der Waals surface area contributed by atoms with E-state index in [1.54, 1.807) is 0 Å². The molecule has 3 aliphatic rings. The molecule has 2 aromatic rings. The Bertz CT molecular complexity index is 881. The lowest BCUT2D eigenvalue weighted by Crippen LogP contribution is -2.52. The minimum Gasteiger partial charge on any atom is -0.466 e. The van der Waals surface area contributed by atoms with E-state index in [1.165, 1.54) is 27.7 Å². The van der Waals surface area contributed by atoms with Crippen LogP contribution in [0.15, 0.2) is 24.3 Å². The Balaban J connectivity index is 1.64. The highest BCUT2D eigenvalue weighted by atomic mass is 16.5. The molecular weight excluding hydrogens is 312 g/mol. The molecule has 0 spiro atoms. The van der Waals surface area contributed by atoms with Gasteiger partial charge in [0, 0.05) is 41.0 Å². The van der Waals surface area contributed by atoms with E-state index in [9.17, 15) is 4.79 Å². The number of hydrogen-bond donors (Lipinski definition) is 1. The summed E-state index contributed by atoms with van der Waals surface area (Å²) >= 11 is 0. The van der Waals surface area contributed by atoms with Gasteiger partial charge in [-0.15, -0.1) is 0 Å². The zero-order valence-corrected chi connectivity index (χ0v) is 14.8. The molecule has 2 unspecified atom stereocenters. The molecule has 1 aliphatic heterocycles. The Morgan fingerprint density at radius 3 is 3.04 bits per heavy atom. The predicted octanol–water partition coefficient (Wildman–Crippen LogP) is 3.65. The first-order valence-corrected chi connectivity index (χ1v) is 9.46. The summed E-state index contributed by atoms with van der Waals surface area (Å²) < 4.78 is 5.36. The number of rotatable bonds is 3. The summed E-state index contributed by atoms with van der Waals surface area (Å²) in [5.74, 6) is 0.762. The van der Waals surface area contributed by atoms with Crippen LogP contribution in [0.2, 0.25) is 0 Å². The molecule has 1 N–H and O–H groups in total. The zero-order valence-electron chi connectivity index (χ0n) is 14.8. The third-order valence-electron chi connectivity index (χ3n) is 6.35. The van der Waals surface area contributed by atoms with Crippen LogP contribution in [0, 0.1) is 5.92 Å². The molecule has 1 aromatic carbocycles. The van der Waals surface area contributed by atoms with Gasteiger partial charge in [-0.05, 0) is 43.2 Å². The first kappa shape index (κ1) is 15.2. The molecule has 0 saturated carbocycles. The van der Waals surface area contributed by atoms with Gasteiger partial charge in [0.2, 0.25) is 0 Å². The molecule has 2 aliphatic carbocycles. The number of fused-ring (bicyclic) bond motifs is 3. The fraction of sp³-hybridized carbons (Fsp3) is 0.476. The van der Waals surface area contributed by atoms with Crippen molar-refractivity contribution in [3.63, 3.8) is 0 Å². The number of nitrogens with one attached hydrogen (secondary N) is 1. The molecule has 4 heteroatoms. The van der Waals surface area contributed by atoms with Gasteiger partial charge in [-0.3, -0.25) is 9.69 Å². The second kappa shape index (κ2) is 5.46. The van der Waals surface area contributed by atoms with Crippen molar-refractivity contribution in [2.75, 3.05) is 19.7 Å². The molecular formula is C21H24N2O2. The number of esters is 1. The van der Waals surface area contributed by atoms with Crippen molar-refractivity contribution in [1.29, 1.82) is 0 Å². The highest BCUT2D eigenvalue weighted by Gasteiger charge is 2.48. The molecule has 1 saturated heterocycles. The molecule has 25 heavy (non-hydrogen) atoms. The Morgan fingerprint density at radius 2 is 2.24 bits per heavy atom. The van der Waals surface area contributed by atoms with Crippen LogP contribution in [0.5, 0.6) is 0 Å². The lowest BCUT2D eigenvalue weighted by molar-refractivity contribution is -0.151. The van der Waals surface area contributed by atoms with Crippen molar-refractivity contribution in [3.05, 3.63) is 41.1 Å². The number of H-pyrrole nitrogens is 1. The number of carbonyl (C=O) groups excluding carboxylic acids is 1. The Labute approximate surface area is 147 Å². The number of ether oxygens (including phenoxy) is 1. The second-order valence-electron chi connectivity index (χ2n) is 7.48. The van der Waals surface area contributed by atoms with E-state index in [0.717, 1.165) is 19.5 Å². The molecule has 2 heterocycles. The van der Waals surface area contributed by atoms with Crippen molar-refractivity contribution < 1.29 is 9.53 Å². The topological polar surface area (TPSA) is 45.3 Å². The third kappa shape index (κ3) is 2.00. The van der Waals surface area contributed by atoms with E-state index >= 15 is 0 Å². The molecule has 0 radical (unpaired) electrons. The smallest absolute Gasteiger partial charge is 0.310 e. The Morgan fingerprint density at radius 1 is 1.36 bits per heavy atom. The van der Waals surface area contributed by atoms with Crippen LogP contribution >= 0.6 is 0 Å². The Kier molecular flexibility index (Phi) is 3.32. The molecule has 4 nitrogen and oxygen atoms in total. The molecule has 5 rings (SSSR count). The zero-order chi connectivity index (χ0) is 17.1. The quantitative estimate of drug-likeness (QED) is 0.870. The van der Waals surface area contributed by atoms with Gasteiger partial charge in [0.25, 0.3) is 0 Å². The van der Waals surface area contributed by atoms with Crippen LogP contribution in [0.3, 0.4) is 0 Å². The van der Waals surface area contributed by atoms with E-state index in [2.05, 4.69) is 47.2 Å². The SMILES string of the molecule is CCOC(=O)[C@@H]1CC2c3cccc4[nH]c5c(c34)C(C=C5)[C@H]2N(CC)C1. The maximum atomic E-state index is 12.5. The minimum atomic E-state index is -0.0332. The molecule has 1 aromatic heterocycles. The summed E-state index contributed by atoms with van der Waals surface area (Å²) in [7, 11) is 0. The maximum absolute atomic E-state index is 12.5. The van der Waals surface area contributed by atoms with E-state index < -0.39 is 0 Å². The summed E-state index contributed by atoms with van der Waals surface area (Å²) in [5.41, 5.74) is 5.39. The van der Waals surface area contributed by atoms with Gasteiger partial charge in [-0.1, -0.05) is 25.1 Å². The average Bonchev–Trinajstić information content (AvgIpc) is 3.20. The molecule has 0 bridgehead atoms. The fourth-order valence-corrected chi connectivity index (χ4v) is 5.43. The number of aromatic amines is 1. The summed E-state index contributed by atoms with van der Waals surface area (Å²) in [6.07, 6.45) is 5.50. The molecule has 1 fully saturated rings. The number of likely N-dealkylation sites (tertiary alicyclic amines) is 1. The lowest BCUT2D eigenvalue weighted by atomic mass is 9.68. The third-order valence-corrected chi connectivity index (χ3v) is 6.35. The number of benzene rings is 1. The molecule has 0 amide bonds. The highest BCUT2D eigenvalue weighted by molar-refractivity contribution is 5.94. The monoisotopic (exact) mass is 336 g/mol. The van der Waals surface area contributed by atoms with Gasteiger partial charge in [0.1, 0.15) is 0 Å². The minimum absolute atomic E-state index is 0.0262. The van der Waals surface area contributed by atoms with Crippen molar-refractivity contribution in [2.45, 2.75) is 38.1 Å². The summed E-state index contributed by atoms with van der Waals surface area (Å²) in [6.45, 7) is 6.33. The number of piperidine rings is 1. The van der Waals surface area contributed by atoms with Crippen LogP contribution < -0.4 is 0 Å². The summed E-state index contributed by atoms with van der Waals surface area (Å²) in [5, 5.41) is 1.40. The predicted molar refractivity (Wildman–Crippen MR) is 98.6 cm³/mol. The maximum Gasteiger partial charge on any atom is 0.310 e. The molecule has 4 atom stereocenters. The lowest BCUT2D eigenvalue weighted by Gasteiger charge is -2.48. The van der Waals surface area contributed by atoms with Crippen molar-refractivity contribution >= 4 is 22.9 Å². The van der Waals surface area contributed by atoms with E-state index in [4.69, 9.17) is 4.74 Å². The van der Waals surface area contributed by atoms with Crippen molar-refractivity contribution in [1.82, 2.24) is 9.88 Å². The van der Waals surface area contributed by atoms with Crippen LogP contribution in [0.1, 0.15) is 48.9 Å². The van der Waals surface area contributed by atoms with Gasteiger partial charge < -0.3 is 9.72 Å². The van der Waals surface area contributed by atoms with E-state index in [-0.39, 0.29) is 11.9 Å². The number of hydrogen-bond acceptors (Lipinski definition) is 3. The van der Waals surface area contributed by atoms with Crippen molar-refractivity contribution in [3.8, 4) is 0 Å². The molecule has 130 valence electrons. The van der Waals surface area contributed by atoms with Gasteiger partial charge in [0.15, 0.2) is 0 Å². The fourth-order valence-electron chi connectivity index (χ4n) is 5.43. The van der Waals surface area contributed by atoms with Gasteiger partial charge in [0.05, 0.1) is 12.5 Å². The summed E-state index contributed by atoms with van der Waals surface area (Å²) in [4.78, 5) is 18.6. The normalized spacial score (nSPS) is 29.8. The summed E-state index contributed by atoms with van der Waals surface area (Å²) in [6, 6.07) is 7.03. The standard InChI is InChI=1S/C21H24N2O2/c1-3-23-11-12(21(24)25-4-2)10-15-13-6-5-7-16-18(13)19-14(20(15)23)8-9-17(19)22-16/h5-9,12,14-15,20,22H,3-4,10-11H2,1-2H3/t12-,14?,15?,20-/m1/s1. The van der Waals surface area contributed by atoms with Crippen molar-refractivity contribution in [2.24, 2.45) is 5.92 Å². The number of aromatic nitrogens is 1. The van der Waals surface area contributed by atoms with Crippen LogP contribution in [-0.4, -0.2) is 41.6 Å². The van der Waals surface area contributed by atoms with E-state index in [1.807, 2.05) is 6.92 Å². The second-order valence-corrected chi connectivity index (χ2v) is 7.48. The number of nitrogens with zero attached hydrogens (tertiary/aromatic N) is 1. The number of likely N-dealkylation sites (N-methyl/N-ethyl adjacent to an activating group) is 1. The first-order valence-electron chi connectivity index (χ1n) is 9.46. The van der Waals surface area contributed by atoms with Crippen LogP contribution in [0.25, 0.3) is 17.0 Å². The average molecular weight is 336 g/mol. The van der Waals surface area contributed by atoms with Crippen LogP contribution in [0.4, 0.5) is 0 Å². The first-order chi connectivity index (χ1) is 12.2. The van der Waals surface area contributed by atoms with E-state index in [0.29, 0.717) is 24.5 Å².